The van der Waals surface area contributed by atoms with E-state index in [1.165, 1.54) is 78.5 Å². The summed E-state index contributed by atoms with van der Waals surface area (Å²) in [6.07, 6.45) is 18.8. The molecule has 0 aromatic heterocycles. The lowest BCUT2D eigenvalue weighted by atomic mass is 9.86. The van der Waals surface area contributed by atoms with E-state index in [1.54, 1.807) is 33.2 Å². The predicted octanol–water partition coefficient (Wildman–Crippen LogP) is 32.1. The molecule has 0 spiro atoms. The topological polar surface area (TPSA) is 149 Å². The van der Waals surface area contributed by atoms with Gasteiger partial charge in [0.15, 0.2) is 0 Å². The normalized spacial score (nSPS) is 11.3. The minimum atomic E-state index is -0.125. The van der Waals surface area contributed by atoms with Gasteiger partial charge in [-0.2, -0.15) is 11.8 Å². The molecule has 0 bridgehead atoms. The van der Waals surface area contributed by atoms with Crippen LogP contribution in [0.4, 0.5) is 0 Å². The number of thioether (sulfide) groups is 1. The van der Waals surface area contributed by atoms with E-state index >= 15 is 0 Å². The lowest BCUT2D eigenvalue weighted by molar-refractivity contribution is -0.141. The Balaban J connectivity index is -0.000000106. The van der Waals surface area contributed by atoms with Gasteiger partial charge >= 0.3 is 5.97 Å². The Labute approximate surface area is 839 Å². The van der Waals surface area contributed by atoms with E-state index in [1.807, 2.05) is 60.2 Å². The van der Waals surface area contributed by atoms with Gasteiger partial charge in [-0.15, -0.1) is 0 Å². The highest BCUT2D eigenvalue weighted by molar-refractivity contribution is 7.98. The summed E-state index contributed by atoms with van der Waals surface area (Å²) in [5, 5.41) is 11.0. The number of ether oxygens (including phenoxy) is 6. The van der Waals surface area contributed by atoms with Crippen LogP contribution in [0.2, 0.25) is 0 Å². The number of hydrogen-bond donors (Lipinski definition) is 2. The smallest absolute Gasteiger partial charge is 0.305 e. The Kier molecular flexibility index (Phi) is 107. The average molecular weight is 1910 g/mol. The van der Waals surface area contributed by atoms with E-state index in [2.05, 4.69) is 395 Å². The van der Waals surface area contributed by atoms with Gasteiger partial charge in [-0.1, -0.05) is 394 Å². The quantitative estimate of drug-likeness (QED) is 0.0371. The molecule has 0 aliphatic rings. The Morgan fingerprint density at radius 2 is 0.895 bits per heavy atom. The second kappa shape index (κ2) is 90.4. The monoisotopic (exact) mass is 1910 g/mol. The molecule has 3 aromatic rings. The number of aliphatic hydroxyl groups is 1. The molecule has 0 aliphatic carbocycles. The van der Waals surface area contributed by atoms with Gasteiger partial charge in [0.05, 0.1) is 46.8 Å². The number of benzene rings is 3. The second-order valence-corrected chi connectivity index (χ2v) is 50.2. The van der Waals surface area contributed by atoms with Crippen LogP contribution in [-0.2, 0) is 62.1 Å². The molecule has 3 rings (SSSR count). The number of likely N-dealkylation sites (N-methyl/N-ethyl adjacent to an activating group) is 1. The number of esters is 1. The van der Waals surface area contributed by atoms with Crippen molar-refractivity contribution in [1.82, 2.24) is 20.0 Å². The number of allylic oxidation sites excluding steroid dienone is 2. The van der Waals surface area contributed by atoms with Crippen molar-refractivity contribution in [3.8, 4) is 0 Å². The molecular formula is C118H240N4O10S. The number of carbonyl (C=O) groups is 3. The molecule has 15 heteroatoms. The van der Waals surface area contributed by atoms with Crippen molar-refractivity contribution in [1.29, 1.82) is 0 Å². The summed E-state index contributed by atoms with van der Waals surface area (Å²) in [7, 11) is 16.7. The van der Waals surface area contributed by atoms with Gasteiger partial charge < -0.3 is 53.5 Å². The SMILES string of the molecule is C.C.C/C=C/CC(C)(C)C.CC(C)(C)CCOCCO.CC(C)CC(=O)N(C)C.CC(C)CN(C)C.CC(C)COCCN(C)C.CCCC(C)(C)C.CCCOCCOCCC(C)(C)C.CNC(=O)CC(C)(C)C.COC(=O)CC(C)C.COCC(C)(C)C.CSCC(C)(C)C.Cc1ccc(CC(C)(C)C)cc1.Cc1cccc(CC(C)(C)C)c1.Cc1ccccc1CC(C)(C)C. The Morgan fingerprint density at radius 1 is 0.451 bits per heavy atom. The molecule has 0 aliphatic heterocycles. The number of amides is 2. The van der Waals surface area contributed by atoms with E-state index < -0.39 is 0 Å². The molecule has 2 N–H and O–H groups in total. The highest BCUT2D eigenvalue weighted by atomic mass is 32.2. The molecule has 798 valence electrons. The molecule has 0 fully saturated rings. The van der Waals surface area contributed by atoms with Gasteiger partial charge in [0, 0.05) is 80.5 Å². The molecule has 3 aromatic carbocycles. The molecule has 2 amide bonds. The Hall–Kier alpha value is -4.16. The van der Waals surface area contributed by atoms with Crippen LogP contribution < -0.4 is 5.32 Å². The fourth-order valence-electron chi connectivity index (χ4n) is 10.4. The third-order valence-electron chi connectivity index (χ3n) is 16.4. The summed E-state index contributed by atoms with van der Waals surface area (Å²) in [5.74, 6) is 3.79. The van der Waals surface area contributed by atoms with Gasteiger partial charge in [0.1, 0.15) is 0 Å². The number of aliphatic hydroxyl groups excluding tert-OH is 1. The van der Waals surface area contributed by atoms with Crippen LogP contribution in [0.5, 0.6) is 0 Å². The number of rotatable bonds is 30. The lowest BCUT2D eigenvalue weighted by Crippen LogP contribution is -2.23. The fourth-order valence-corrected chi connectivity index (χ4v) is 11.3. The van der Waals surface area contributed by atoms with Gasteiger partial charge in [-0.05, 0) is 226 Å². The Morgan fingerprint density at radius 3 is 1.14 bits per heavy atom. The molecule has 133 heavy (non-hydrogen) atoms. The standard InChI is InChI=1S/3C12H18.C11H24O2.C8H19NO.C8H18O2.C8H16.2C7H15NO.C7H16.C6H15N.C6H12O2.C6H14O.C6H14S.2CH4/c1-10-5-7-11(8-6-10)9-12(2,3)4;1-10-6-5-7-11(8-10)9-12(2,3)4;1-10-7-5-6-8-11(10)9-12(2,3)4;1-5-7-12-9-10-13-8-6-11(2,3)4;1-8(2)7-10-6-5-9(3)4;1-8(2,3)4-6-10-7-5-9;1-5-6-7-8(2,3)4;1-7(2,3)5-6(9)8-4;1-6(2)5-7(9)8(3)4;1-5-6-7(2,3)4;1-6(2)5-7(3)4;1-5(2)4-6(7)8-3;2*1-6(2,3)5-7-4;;/h3*5-8H,9H2,1-4H3;5-10H2,1-4H3;8H,5-7H2,1-4H3;9H,4-7H2,1-3H3;5-6H,7H2,1-4H3;5H2,1-4H3,(H,8,9);6H,5H2,1-4H3;5-6H2,1-4H3;6H,5H2,1-4H3;5H,4H2,1-3H3;2*5H2,1-4H3;2*1H4/b;;;;;;6-5+;;;;;;;;;. The zero-order chi connectivity index (χ0) is 105. The molecule has 0 heterocycles. The highest BCUT2D eigenvalue weighted by Crippen LogP contribution is 2.26. The Bertz CT molecular complexity index is 2940. The van der Waals surface area contributed by atoms with Crippen LogP contribution in [0, 0.1) is 98.6 Å². The van der Waals surface area contributed by atoms with E-state index in [0.29, 0.717) is 92.4 Å². The number of aryl methyl sites for hydroxylation is 3. The first-order chi connectivity index (χ1) is 59.2. The molecule has 0 unspecified atom stereocenters. The van der Waals surface area contributed by atoms with Gasteiger partial charge in [-0.3, -0.25) is 14.4 Å². The summed E-state index contributed by atoms with van der Waals surface area (Å²) in [6.45, 7) is 106. The van der Waals surface area contributed by atoms with Crippen LogP contribution in [0.25, 0.3) is 0 Å². The largest absolute Gasteiger partial charge is 0.469 e. The molecular weight excluding hydrogens is 1670 g/mol. The summed E-state index contributed by atoms with van der Waals surface area (Å²) in [6, 6.07) is 26.2. The molecule has 0 atom stereocenters. The molecule has 0 saturated heterocycles. The van der Waals surface area contributed by atoms with E-state index in [4.69, 9.17) is 28.8 Å². The van der Waals surface area contributed by atoms with Crippen molar-refractivity contribution >= 4 is 29.5 Å². The van der Waals surface area contributed by atoms with Crippen LogP contribution in [-0.4, -0.2) is 192 Å². The van der Waals surface area contributed by atoms with Crippen molar-refractivity contribution in [2.24, 2.45) is 77.8 Å². The van der Waals surface area contributed by atoms with Gasteiger partial charge in [-0.25, -0.2) is 0 Å². The van der Waals surface area contributed by atoms with Crippen LogP contribution in [0.15, 0.2) is 84.9 Å². The maximum absolute atomic E-state index is 10.9. The second-order valence-electron chi connectivity index (χ2n) is 49.3. The number of nitrogens with one attached hydrogen (secondary N) is 1. The van der Waals surface area contributed by atoms with Crippen molar-refractivity contribution in [3.63, 3.8) is 0 Å². The minimum Gasteiger partial charge on any atom is -0.469 e. The summed E-state index contributed by atoms with van der Waals surface area (Å²) in [4.78, 5) is 37.9. The zero-order valence-electron chi connectivity index (χ0n) is 97.9. The van der Waals surface area contributed by atoms with E-state index in [-0.39, 0.29) is 44.7 Å². The predicted molar refractivity (Wildman–Crippen MR) is 602 cm³/mol. The van der Waals surface area contributed by atoms with Crippen LogP contribution in [0.1, 0.15) is 390 Å². The van der Waals surface area contributed by atoms with Crippen molar-refractivity contribution in [2.45, 2.75) is 397 Å². The number of carbonyl (C=O) groups excluding carboxylic acids is 3. The zero-order valence-corrected chi connectivity index (χ0v) is 98.8. The minimum absolute atomic E-state index is 0. The summed E-state index contributed by atoms with van der Waals surface area (Å²) in [5.41, 5.74) is 12.3. The summed E-state index contributed by atoms with van der Waals surface area (Å²) >= 11 is 1.91. The third-order valence-corrected chi connectivity index (χ3v) is 17.6. The maximum atomic E-state index is 10.9. The van der Waals surface area contributed by atoms with Crippen molar-refractivity contribution in [2.75, 3.05) is 155 Å². The van der Waals surface area contributed by atoms with Gasteiger partial charge in [0.2, 0.25) is 11.8 Å². The van der Waals surface area contributed by atoms with Crippen molar-refractivity contribution < 1.29 is 47.9 Å². The van der Waals surface area contributed by atoms with E-state index in [0.717, 1.165) is 97.4 Å². The van der Waals surface area contributed by atoms with Gasteiger partial charge in [0.25, 0.3) is 0 Å². The number of methoxy groups -OCH3 is 2. The first-order valence-electron chi connectivity index (χ1n) is 49.6. The first-order valence-corrected chi connectivity index (χ1v) is 51.0. The molecule has 0 saturated carbocycles. The highest BCUT2D eigenvalue weighted by Gasteiger charge is 2.17. The maximum Gasteiger partial charge on any atom is 0.305 e. The lowest BCUT2D eigenvalue weighted by Gasteiger charge is -2.19. The number of hydrogen-bond acceptors (Lipinski definition) is 13. The first kappa shape index (κ1) is 157. The van der Waals surface area contributed by atoms with E-state index in [9.17, 15) is 14.4 Å². The molecule has 0 radical (unpaired) electrons. The third kappa shape index (κ3) is 174. The summed E-state index contributed by atoms with van der Waals surface area (Å²) < 4.78 is 30.5. The average Bonchev–Trinajstić information content (AvgIpc) is 0.886. The van der Waals surface area contributed by atoms with Crippen LogP contribution >= 0.6 is 11.8 Å². The molecule has 14 nitrogen and oxygen atoms in total. The van der Waals surface area contributed by atoms with Crippen LogP contribution in [0.3, 0.4) is 0 Å². The fraction of sp³-hybridized carbons (Fsp3) is 0.805. The van der Waals surface area contributed by atoms with Crippen molar-refractivity contribution in [3.05, 3.63) is 118 Å². The number of nitrogens with zero attached hydrogens (tertiary/aromatic N) is 3.